The first-order valence-electron chi connectivity index (χ1n) is 6.02. The van der Waals surface area contributed by atoms with E-state index in [2.05, 4.69) is 20.5 Å². The standard InChI is InChI=1S/C14H9Cl3N4/c15-8-1-4-10(5-2-8)18-14-19-13(20-21-14)11-6-3-9(16)7-12(11)17/h1-7H,(H2,18,19,20,21). The molecule has 0 bridgehead atoms. The van der Waals surface area contributed by atoms with Crippen LogP contribution in [0.4, 0.5) is 11.6 Å². The van der Waals surface area contributed by atoms with Crippen LogP contribution in [0.2, 0.25) is 15.1 Å². The zero-order valence-electron chi connectivity index (χ0n) is 10.6. The number of anilines is 2. The molecule has 1 aromatic heterocycles. The maximum Gasteiger partial charge on any atom is 0.246 e. The van der Waals surface area contributed by atoms with Crippen LogP contribution in [0, 0.1) is 0 Å². The number of hydrogen-bond acceptors (Lipinski definition) is 3. The molecule has 0 atom stereocenters. The van der Waals surface area contributed by atoms with Crippen LogP contribution in [0.1, 0.15) is 0 Å². The highest BCUT2D eigenvalue weighted by Crippen LogP contribution is 2.28. The molecule has 4 nitrogen and oxygen atoms in total. The third kappa shape index (κ3) is 3.29. The van der Waals surface area contributed by atoms with Crippen LogP contribution < -0.4 is 5.32 Å². The molecule has 21 heavy (non-hydrogen) atoms. The minimum atomic E-state index is 0.443. The number of nitrogens with one attached hydrogen (secondary N) is 2. The Labute approximate surface area is 136 Å². The Kier molecular flexibility index (Phi) is 4.01. The second kappa shape index (κ2) is 5.93. The third-order valence-electron chi connectivity index (χ3n) is 2.77. The number of aromatic nitrogens is 3. The molecule has 2 N–H and O–H groups in total. The Morgan fingerprint density at radius 1 is 0.905 bits per heavy atom. The minimum Gasteiger partial charge on any atom is -0.323 e. The van der Waals surface area contributed by atoms with Gasteiger partial charge in [0.2, 0.25) is 5.95 Å². The maximum atomic E-state index is 6.14. The van der Waals surface area contributed by atoms with E-state index in [4.69, 9.17) is 34.8 Å². The Hall–Kier alpha value is -1.75. The molecule has 3 rings (SSSR count). The minimum absolute atomic E-state index is 0.443. The summed E-state index contributed by atoms with van der Waals surface area (Å²) < 4.78 is 0. The van der Waals surface area contributed by atoms with E-state index in [1.54, 1.807) is 30.3 Å². The first-order chi connectivity index (χ1) is 10.1. The van der Waals surface area contributed by atoms with Gasteiger partial charge in [0.15, 0.2) is 5.82 Å². The van der Waals surface area contributed by atoms with Crippen molar-refractivity contribution < 1.29 is 0 Å². The largest absolute Gasteiger partial charge is 0.323 e. The van der Waals surface area contributed by atoms with Crippen LogP contribution >= 0.6 is 34.8 Å². The van der Waals surface area contributed by atoms with Crippen molar-refractivity contribution >= 4 is 46.4 Å². The number of hydrogen-bond donors (Lipinski definition) is 2. The molecule has 106 valence electrons. The molecular weight excluding hydrogens is 331 g/mol. The summed E-state index contributed by atoms with van der Waals surface area (Å²) in [6, 6.07) is 12.4. The van der Waals surface area contributed by atoms with Crippen molar-refractivity contribution in [3.8, 4) is 11.4 Å². The van der Waals surface area contributed by atoms with Crippen LogP contribution in [-0.2, 0) is 0 Å². The van der Waals surface area contributed by atoms with Gasteiger partial charge in [-0.3, -0.25) is 5.10 Å². The molecule has 7 heteroatoms. The molecule has 3 aromatic rings. The molecule has 0 fully saturated rings. The Balaban J connectivity index is 1.84. The summed E-state index contributed by atoms with van der Waals surface area (Å²) >= 11 is 17.9. The molecule has 0 spiro atoms. The molecule has 0 unspecified atom stereocenters. The molecule has 1 heterocycles. The molecule has 0 radical (unpaired) electrons. The molecule has 0 aliphatic heterocycles. The number of benzene rings is 2. The molecular formula is C14H9Cl3N4. The number of aromatic amines is 1. The monoisotopic (exact) mass is 338 g/mol. The zero-order valence-corrected chi connectivity index (χ0v) is 12.8. The van der Waals surface area contributed by atoms with Crippen LogP contribution in [0.15, 0.2) is 42.5 Å². The first-order valence-corrected chi connectivity index (χ1v) is 7.15. The van der Waals surface area contributed by atoms with E-state index in [0.717, 1.165) is 11.3 Å². The second-order valence-corrected chi connectivity index (χ2v) is 5.54. The number of rotatable bonds is 3. The number of H-pyrrole nitrogens is 1. The van der Waals surface area contributed by atoms with E-state index in [1.165, 1.54) is 0 Å². The van der Waals surface area contributed by atoms with Gasteiger partial charge in [0.05, 0.1) is 5.02 Å². The summed E-state index contributed by atoms with van der Waals surface area (Å²) in [7, 11) is 0. The Bertz CT molecular complexity index is 768. The van der Waals surface area contributed by atoms with E-state index in [0.29, 0.717) is 26.8 Å². The summed E-state index contributed by atoms with van der Waals surface area (Å²) in [6.07, 6.45) is 0. The smallest absolute Gasteiger partial charge is 0.246 e. The molecule has 0 saturated carbocycles. The zero-order chi connectivity index (χ0) is 14.8. The summed E-state index contributed by atoms with van der Waals surface area (Å²) in [5, 5.41) is 11.8. The summed E-state index contributed by atoms with van der Waals surface area (Å²) in [4.78, 5) is 4.35. The van der Waals surface area contributed by atoms with E-state index in [9.17, 15) is 0 Å². The van der Waals surface area contributed by atoms with E-state index in [-0.39, 0.29) is 0 Å². The van der Waals surface area contributed by atoms with Gasteiger partial charge in [-0.25, -0.2) is 0 Å². The van der Waals surface area contributed by atoms with Crippen LogP contribution in [0.3, 0.4) is 0 Å². The van der Waals surface area contributed by atoms with Gasteiger partial charge in [-0.2, -0.15) is 4.98 Å². The fourth-order valence-corrected chi connectivity index (χ4v) is 2.41. The van der Waals surface area contributed by atoms with Gasteiger partial charge in [-0.05, 0) is 42.5 Å². The van der Waals surface area contributed by atoms with Gasteiger partial charge in [-0.1, -0.05) is 34.8 Å². The lowest BCUT2D eigenvalue weighted by Gasteiger charge is -2.01. The van der Waals surface area contributed by atoms with Crippen molar-refractivity contribution in [1.82, 2.24) is 15.2 Å². The highest BCUT2D eigenvalue weighted by atomic mass is 35.5. The second-order valence-electron chi connectivity index (χ2n) is 4.26. The fourth-order valence-electron chi connectivity index (χ4n) is 1.78. The van der Waals surface area contributed by atoms with Crippen molar-refractivity contribution in [2.75, 3.05) is 5.32 Å². The highest BCUT2D eigenvalue weighted by Gasteiger charge is 2.10. The lowest BCUT2D eigenvalue weighted by atomic mass is 10.2. The summed E-state index contributed by atoms with van der Waals surface area (Å²) in [5.74, 6) is 1.01. The first kappa shape index (κ1) is 14.2. The van der Waals surface area contributed by atoms with Crippen molar-refractivity contribution in [2.24, 2.45) is 0 Å². The molecule has 0 amide bonds. The quantitative estimate of drug-likeness (QED) is 0.691. The number of halogens is 3. The number of nitrogens with zero attached hydrogens (tertiary/aromatic N) is 2. The van der Waals surface area contributed by atoms with Crippen molar-refractivity contribution in [3.63, 3.8) is 0 Å². The SMILES string of the molecule is Clc1ccc(Nc2n[nH]c(-c3ccc(Cl)cc3Cl)n2)cc1. The van der Waals surface area contributed by atoms with Crippen molar-refractivity contribution in [3.05, 3.63) is 57.5 Å². The van der Waals surface area contributed by atoms with Gasteiger partial charge in [0, 0.05) is 21.3 Å². The van der Waals surface area contributed by atoms with Crippen LogP contribution in [0.5, 0.6) is 0 Å². The lowest BCUT2D eigenvalue weighted by Crippen LogP contribution is -1.91. The highest BCUT2D eigenvalue weighted by molar-refractivity contribution is 6.36. The van der Waals surface area contributed by atoms with E-state index < -0.39 is 0 Å². The van der Waals surface area contributed by atoms with Crippen molar-refractivity contribution in [1.29, 1.82) is 0 Å². The van der Waals surface area contributed by atoms with Gasteiger partial charge < -0.3 is 5.32 Å². The van der Waals surface area contributed by atoms with Gasteiger partial charge >= 0.3 is 0 Å². The lowest BCUT2D eigenvalue weighted by molar-refractivity contribution is 1.10. The van der Waals surface area contributed by atoms with Crippen molar-refractivity contribution in [2.45, 2.75) is 0 Å². The molecule has 0 aliphatic carbocycles. The predicted octanol–water partition coefficient (Wildman–Crippen LogP) is 5.18. The van der Waals surface area contributed by atoms with Gasteiger partial charge in [0.25, 0.3) is 0 Å². The topological polar surface area (TPSA) is 53.6 Å². The normalized spacial score (nSPS) is 10.6. The van der Waals surface area contributed by atoms with Gasteiger partial charge in [-0.15, -0.1) is 5.10 Å². The molecule has 0 aliphatic rings. The maximum absolute atomic E-state index is 6.14. The summed E-state index contributed by atoms with van der Waals surface area (Å²) in [5.41, 5.74) is 1.57. The molecule has 2 aromatic carbocycles. The Morgan fingerprint density at radius 2 is 1.62 bits per heavy atom. The summed E-state index contributed by atoms with van der Waals surface area (Å²) in [6.45, 7) is 0. The van der Waals surface area contributed by atoms with E-state index >= 15 is 0 Å². The van der Waals surface area contributed by atoms with Crippen LogP contribution in [0.25, 0.3) is 11.4 Å². The van der Waals surface area contributed by atoms with Crippen LogP contribution in [-0.4, -0.2) is 15.2 Å². The third-order valence-corrected chi connectivity index (χ3v) is 3.57. The Morgan fingerprint density at radius 3 is 2.33 bits per heavy atom. The molecule has 0 saturated heterocycles. The average molecular weight is 340 g/mol. The predicted molar refractivity (Wildman–Crippen MR) is 86.6 cm³/mol. The average Bonchev–Trinajstić information content (AvgIpc) is 2.90. The van der Waals surface area contributed by atoms with E-state index in [1.807, 2.05) is 12.1 Å². The van der Waals surface area contributed by atoms with Gasteiger partial charge in [0.1, 0.15) is 0 Å². The fraction of sp³-hybridized carbons (Fsp3) is 0.